The maximum absolute atomic E-state index is 11.8. The number of esters is 1. The molecule has 2 aliphatic rings. The maximum atomic E-state index is 11.8. The number of fused-ring (bicyclic) bond motifs is 2. The van der Waals surface area contributed by atoms with Gasteiger partial charge in [0, 0.05) is 12.6 Å². The molecule has 0 aromatic heterocycles. The van der Waals surface area contributed by atoms with Crippen LogP contribution >= 0.6 is 0 Å². The van der Waals surface area contributed by atoms with E-state index < -0.39 is 0 Å². The fourth-order valence-electron chi connectivity index (χ4n) is 3.28. The number of hydrogen-bond acceptors (Lipinski definition) is 4. The highest BCUT2D eigenvalue weighted by atomic mass is 16.5. The minimum Gasteiger partial charge on any atom is -0.468 e. The Labute approximate surface area is 110 Å². The van der Waals surface area contributed by atoms with Crippen LogP contribution in [-0.4, -0.2) is 49.7 Å². The van der Waals surface area contributed by atoms with Crippen LogP contribution in [0.3, 0.4) is 0 Å². The number of piperidine rings is 1. The first-order valence-electron chi connectivity index (χ1n) is 7.16. The van der Waals surface area contributed by atoms with Gasteiger partial charge in [0.25, 0.3) is 0 Å². The zero-order valence-electron chi connectivity index (χ0n) is 11.8. The van der Waals surface area contributed by atoms with Crippen LogP contribution in [0.5, 0.6) is 0 Å². The van der Waals surface area contributed by atoms with E-state index in [1.807, 2.05) is 0 Å². The molecule has 104 valence electrons. The molecule has 2 aliphatic heterocycles. The van der Waals surface area contributed by atoms with E-state index in [1.54, 1.807) is 0 Å². The van der Waals surface area contributed by atoms with E-state index in [-0.39, 0.29) is 12.0 Å². The summed E-state index contributed by atoms with van der Waals surface area (Å²) in [6.07, 6.45) is 3.29. The lowest BCUT2D eigenvalue weighted by Crippen LogP contribution is -2.51. The average Bonchev–Trinajstić information content (AvgIpc) is 2.73. The first-order valence-corrected chi connectivity index (χ1v) is 7.16. The van der Waals surface area contributed by atoms with Crippen molar-refractivity contribution in [3.63, 3.8) is 0 Å². The van der Waals surface area contributed by atoms with Gasteiger partial charge in [0.15, 0.2) is 0 Å². The first-order chi connectivity index (χ1) is 8.60. The maximum Gasteiger partial charge on any atom is 0.322 e. The second-order valence-corrected chi connectivity index (χ2v) is 6.12. The van der Waals surface area contributed by atoms with E-state index in [4.69, 9.17) is 4.74 Å². The lowest BCUT2D eigenvalue weighted by molar-refractivity contribution is -0.144. The first kappa shape index (κ1) is 13.8. The van der Waals surface area contributed by atoms with Gasteiger partial charge in [-0.25, -0.2) is 0 Å². The summed E-state index contributed by atoms with van der Waals surface area (Å²) < 4.78 is 4.92. The van der Waals surface area contributed by atoms with Gasteiger partial charge in [0.05, 0.1) is 7.11 Å². The van der Waals surface area contributed by atoms with Crippen molar-refractivity contribution in [3.05, 3.63) is 0 Å². The lowest BCUT2D eigenvalue weighted by Gasteiger charge is -2.33. The Bertz CT molecular complexity index is 294. The summed E-state index contributed by atoms with van der Waals surface area (Å²) in [6.45, 7) is 7.90. The quantitative estimate of drug-likeness (QED) is 0.750. The summed E-state index contributed by atoms with van der Waals surface area (Å²) in [4.78, 5) is 14.4. The number of carbonyl (C=O) groups is 1. The van der Waals surface area contributed by atoms with Crippen LogP contribution < -0.4 is 5.32 Å². The normalized spacial score (nSPS) is 32.6. The van der Waals surface area contributed by atoms with Crippen LogP contribution in [0.4, 0.5) is 0 Å². The van der Waals surface area contributed by atoms with Crippen LogP contribution in [0.15, 0.2) is 0 Å². The fraction of sp³-hybridized carbons (Fsp3) is 0.929. The average molecular weight is 254 g/mol. The van der Waals surface area contributed by atoms with E-state index in [0.717, 1.165) is 18.8 Å². The molecule has 2 rings (SSSR count). The Morgan fingerprint density at radius 2 is 2.11 bits per heavy atom. The van der Waals surface area contributed by atoms with Gasteiger partial charge in [-0.15, -0.1) is 0 Å². The van der Waals surface area contributed by atoms with Crippen LogP contribution in [-0.2, 0) is 9.53 Å². The SMILES string of the molecule is COC(=O)C(CC(C)C)NC1CCN2CCC1C2. The summed E-state index contributed by atoms with van der Waals surface area (Å²) in [5, 5.41) is 3.56. The molecular weight excluding hydrogens is 228 g/mol. The van der Waals surface area contributed by atoms with E-state index in [1.165, 1.54) is 33.2 Å². The van der Waals surface area contributed by atoms with Crippen LogP contribution in [0.1, 0.15) is 33.1 Å². The minimum absolute atomic E-state index is 0.107. The van der Waals surface area contributed by atoms with Crippen LogP contribution in [0.25, 0.3) is 0 Å². The number of nitrogens with zero attached hydrogens (tertiary/aromatic N) is 1. The number of methoxy groups -OCH3 is 1. The summed E-state index contributed by atoms with van der Waals surface area (Å²) in [5.41, 5.74) is 0. The number of hydrogen-bond donors (Lipinski definition) is 1. The second kappa shape index (κ2) is 6.02. The van der Waals surface area contributed by atoms with Crippen molar-refractivity contribution in [2.75, 3.05) is 26.7 Å². The summed E-state index contributed by atoms with van der Waals surface area (Å²) >= 11 is 0. The third-order valence-electron chi connectivity index (χ3n) is 4.24. The van der Waals surface area contributed by atoms with Gasteiger partial charge in [0.2, 0.25) is 0 Å². The largest absolute Gasteiger partial charge is 0.468 e. The molecule has 4 heteroatoms. The van der Waals surface area contributed by atoms with Gasteiger partial charge in [-0.05, 0) is 44.2 Å². The molecule has 18 heavy (non-hydrogen) atoms. The smallest absolute Gasteiger partial charge is 0.322 e. The summed E-state index contributed by atoms with van der Waals surface area (Å²) in [6, 6.07) is 0.360. The van der Waals surface area contributed by atoms with Crippen LogP contribution in [0.2, 0.25) is 0 Å². The molecule has 1 N–H and O–H groups in total. The van der Waals surface area contributed by atoms with Crippen molar-refractivity contribution in [1.82, 2.24) is 10.2 Å². The summed E-state index contributed by atoms with van der Waals surface area (Å²) in [5.74, 6) is 1.12. The molecule has 0 amide bonds. The topological polar surface area (TPSA) is 41.6 Å². The van der Waals surface area contributed by atoms with Gasteiger partial charge >= 0.3 is 5.97 Å². The molecule has 0 aromatic carbocycles. The minimum atomic E-state index is -0.132. The highest BCUT2D eigenvalue weighted by molar-refractivity contribution is 5.75. The van der Waals surface area contributed by atoms with Crippen LogP contribution in [0, 0.1) is 11.8 Å². The highest BCUT2D eigenvalue weighted by Crippen LogP contribution is 2.27. The molecule has 2 saturated heterocycles. The second-order valence-electron chi connectivity index (χ2n) is 6.12. The van der Waals surface area contributed by atoms with Crippen molar-refractivity contribution >= 4 is 5.97 Å². The predicted molar refractivity (Wildman–Crippen MR) is 71.3 cm³/mol. The molecule has 4 atom stereocenters. The van der Waals surface area contributed by atoms with E-state index in [2.05, 4.69) is 24.1 Å². The number of nitrogens with one attached hydrogen (secondary N) is 1. The molecule has 0 saturated carbocycles. The Kier molecular flexibility index (Phi) is 4.62. The van der Waals surface area contributed by atoms with E-state index >= 15 is 0 Å². The number of rotatable bonds is 5. The monoisotopic (exact) mass is 254 g/mol. The summed E-state index contributed by atoms with van der Waals surface area (Å²) in [7, 11) is 1.48. The van der Waals surface area contributed by atoms with Gasteiger partial charge in [-0.1, -0.05) is 13.8 Å². The van der Waals surface area contributed by atoms with Gasteiger partial charge in [0.1, 0.15) is 6.04 Å². The molecule has 0 aliphatic carbocycles. The van der Waals surface area contributed by atoms with E-state index in [0.29, 0.717) is 12.0 Å². The van der Waals surface area contributed by atoms with Gasteiger partial charge in [-0.3, -0.25) is 4.79 Å². The van der Waals surface area contributed by atoms with Crippen molar-refractivity contribution in [2.45, 2.75) is 45.2 Å². The number of carbonyl (C=O) groups excluding carboxylic acids is 1. The molecule has 0 spiro atoms. The molecule has 2 fully saturated rings. The molecular formula is C14H26N2O2. The Morgan fingerprint density at radius 1 is 1.39 bits per heavy atom. The highest BCUT2D eigenvalue weighted by Gasteiger charge is 2.36. The lowest BCUT2D eigenvalue weighted by atomic mass is 9.92. The molecule has 0 radical (unpaired) electrons. The molecule has 2 bridgehead atoms. The standard InChI is InChI=1S/C14H26N2O2/c1-10(2)8-13(14(17)18-3)15-12-5-7-16-6-4-11(12)9-16/h10-13,15H,4-9H2,1-3H3. The fourth-order valence-corrected chi connectivity index (χ4v) is 3.28. The molecule has 2 heterocycles. The zero-order valence-corrected chi connectivity index (χ0v) is 11.8. The zero-order chi connectivity index (χ0) is 13.1. The van der Waals surface area contributed by atoms with Crippen molar-refractivity contribution < 1.29 is 9.53 Å². The van der Waals surface area contributed by atoms with E-state index in [9.17, 15) is 4.79 Å². The Hall–Kier alpha value is -0.610. The number of ether oxygens (including phenoxy) is 1. The Balaban J connectivity index is 1.93. The van der Waals surface area contributed by atoms with Crippen molar-refractivity contribution in [1.29, 1.82) is 0 Å². The Morgan fingerprint density at radius 3 is 2.78 bits per heavy atom. The van der Waals surface area contributed by atoms with Crippen molar-refractivity contribution in [2.24, 2.45) is 11.8 Å². The van der Waals surface area contributed by atoms with Crippen molar-refractivity contribution in [3.8, 4) is 0 Å². The predicted octanol–water partition coefficient (Wildman–Crippen LogP) is 1.26. The molecule has 0 aromatic rings. The third-order valence-corrected chi connectivity index (χ3v) is 4.24. The van der Waals surface area contributed by atoms with Gasteiger partial charge in [-0.2, -0.15) is 0 Å². The molecule has 4 nitrogen and oxygen atoms in total. The van der Waals surface area contributed by atoms with Gasteiger partial charge < -0.3 is 15.0 Å². The molecule has 4 unspecified atom stereocenters. The third kappa shape index (κ3) is 3.23.